The predicted octanol–water partition coefficient (Wildman–Crippen LogP) is 4.24. The van der Waals surface area contributed by atoms with Crippen molar-refractivity contribution in [2.45, 2.75) is 19.8 Å². The number of aromatic nitrogens is 1. The maximum Gasteiger partial charge on any atom is 0.134 e. The molecule has 0 unspecified atom stereocenters. The third kappa shape index (κ3) is 2.15. The molecule has 0 saturated heterocycles. The van der Waals surface area contributed by atoms with Gasteiger partial charge in [-0.1, -0.05) is 23.8 Å². The zero-order valence-corrected chi connectivity index (χ0v) is 11.9. The molecule has 0 fully saturated rings. The number of aryl methyl sites for hydroxylation is 2. The zero-order valence-electron chi connectivity index (χ0n) is 10.4. The highest BCUT2D eigenvalue weighted by Gasteiger charge is 2.18. The summed E-state index contributed by atoms with van der Waals surface area (Å²) in [4.78, 5) is 6.87. The summed E-state index contributed by atoms with van der Waals surface area (Å²) >= 11 is 3.44. The fraction of sp³-hybridized carbons (Fsp3) is 0.267. The van der Waals surface area contributed by atoms with Crippen molar-refractivity contribution in [2.24, 2.45) is 0 Å². The molecule has 0 N–H and O–H groups in total. The Morgan fingerprint density at radius 1 is 1.22 bits per heavy atom. The van der Waals surface area contributed by atoms with Crippen molar-refractivity contribution in [1.29, 1.82) is 0 Å². The van der Waals surface area contributed by atoms with Gasteiger partial charge in [-0.15, -0.1) is 0 Å². The number of nitrogens with zero attached hydrogens (tertiary/aromatic N) is 2. The summed E-state index contributed by atoms with van der Waals surface area (Å²) < 4.78 is 0.888. The summed E-state index contributed by atoms with van der Waals surface area (Å²) in [5, 5.41) is 0. The smallest absolute Gasteiger partial charge is 0.134 e. The Hall–Kier alpha value is -1.35. The van der Waals surface area contributed by atoms with Crippen LogP contribution >= 0.6 is 15.9 Å². The average molecular weight is 303 g/mol. The number of hydrogen-bond acceptors (Lipinski definition) is 2. The molecular weight excluding hydrogens is 288 g/mol. The van der Waals surface area contributed by atoms with Gasteiger partial charge in [0, 0.05) is 12.2 Å². The molecule has 0 amide bonds. The summed E-state index contributed by atoms with van der Waals surface area (Å²) in [6.45, 7) is 3.19. The molecule has 18 heavy (non-hydrogen) atoms. The average Bonchev–Trinajstić information content (AvgIpc) is 2.37. The molecule has 0 bridgehead atoms. The van der Waals surface area contributed by atoms with E-state index in [0.29, 0.717) is 0 Å². The molecule has 2 nitrogen and oxygen atoms in total. The second-order valence-corrected chi connectivity index (χ2v) is 5.52. The quantitative estimate of drug-likeness (QED) is 0.733. The first kappa shape index (κ1) is 11.7. The van der Waals surface area contributed by atoms with Gasteiger partial charge >= 0.3 is 0 Å². The molecule has 1 aliphatic rings. The number of fused-ring (bicyclic) bond motifs is 1. The van der Waals surface area contributed by atoms with E-state index in [1.807, 2.05) is 12.1 Å². The Labute approximate surface area is 116 Å². The second kappa shape index (κ2) is 4.73. The highest BCUT2D eigenvalue weighted by Crippen LogP contribution is 2.33. The first-order chi connectivity index (χ1) is 8.74. The van der Waals surface area contributed by atoms with E-state index in [1.165, 1.54) is 29.7 Å². The molecule has 0 atom stereocenters. The van der Waals surface area contributed by atoms with Gasteiger partial charge in [0.2, 0.25) is 0 Å². The summed E-state index contributed by atoms with van der Waals surface area (Å²) in [7, 11) is 0. The van der Waals surface area contributed by atoms with Gasteiger partial charge in [0.05, 0.1) is 0 Å². The van der Waals surface area contributed by atoms with Crippen molar-refractivity contribution in [3.8, 4) is 0 Å². The van der Waals surface area contributed by atoms with E-state index in [-0.39, 0.29) is 0 Å². The number of rotatable bonds is 1. The Morgan fingerprint density at radius 2 is 2.11 bits per heavy atom. The lowest BCUT2D eigenvalue weighted by atomic mass is 9.99. The van der Waals surface area contributed by atoms with Crippen molar-refractivity contribution >= 4 is 27.4 Å². The number of pyridine rings is 1. The molecule has 0 saturated carbocycles. The Kier molecular flexibility index (Phi) is 3.08. The fourth-order valence-corrected chi connectivity index (χ4v) is 2.85. The summed E-state index contributed by atoms with van der Waals surface area (Å²) in [5.74, 6) is 1.02. The zero-order chi connectivity index (χ0) is 12.5. The van der Waals surface area contributed by atoms with E-state index in [0.717, 1.165) is 17.0 Å². The van der Waals surface area contributed by atoms with E-state index in [9.17, 15) is 0 Å². The third-order valence-corrected chi connectivity index (χ3v) is 3.77. The standard InChI is InChI=1S/C15H15BrN2/c1-11-7-8-13-12(10-11)4-3-9-18(13)15-6-2-5-14(16)17-15/h2,5-8,10H,3-4,9H2,1H3. The molecule has 0 spiro atoms. The van der Waals surface area contributed by atoms with Crippen LogP contribution in [0, 0.1) is 6.92 Å². The van der Waals surface area contributed by atoms with E-state index >= 15 is 0 Å². The molecule has 1 aliphatic heterocycles. The lowest BCUT2D eigenvalue weighted by molar-refractivity contribution is 0.758. The van der Waals surface area contributed by atoms with Crippen molar-refractivity contribution < 1.29 is 0 Å². The van der Waals surface area contributed by atoms with E-state index in [4.69, 9.17) is 0 Å². The normalized spacial score (nSPS) is 14.4. The monoisotopic (exact) mass is 302 g/mol. The lowest BCUT2D eigenvalue weighted by Gasteiger charge is -2.30. The van der Waals surface area contributed by atoms with E-state index in [2.05, 4.69) is 57.0 Å². The second-order valence-electron chi connectivity index (χ2n) is 4.71. The lowest BCUT2D eigenvalue weighted by Crippen LogP contribution is -2.25. The van der Waals surface area contributed by atoms with Crippen LogP contribution in [0.15, 0.2) is 41.0 Å². The molecular formula is C15H15BrN2. The fourth-order valence-electron chi connectivity index (χ4n) is 2.51. The van der Waals surface area contributed by atoms with E-state index < -0.39 is 0 Å². The maximum atomic E-state index is 4.56. The Bertz CT molecular complexity index is 580. The van der Waals surface area contributed by atoms with Crippen molar-refractivity contribution in [3.05, 3.63) is 52.1 Å². The summed E-state index contributed by atoms with van der Waals surface area (Å²) in [6.07, 6.45) is 2.35. The number of hydrogen-bond donors (Lipinski definition) is 0. The first-order valence-corrected chi connectivity index (χ1v) is 7.03. The van der Waals surface area contributed by atoms with Crippen molar-refractivity contribution in [3.63, 3.8) is 0 Å². The van der Waals surface area contributed by atoms with Crippen LogP contribution in [0.4, 0.5) is 11.5 Å². The van der Waals surface area contributed by atoms with Crippen LogP contribution in [0.25, 0.3) is 0 Å². The predicted molar refractivity (Wildman–Crippen MR) is 78.4 cm³/mol. The SMILES string of the molecule is Cc1ccc2c(c1)CCCN2c1cccc(Br)n1. The van der Waals surface area contributed by atoms with Crippen LogP contribution in [0.2, 0.25) is 0 Å². The van der Waals surface area contributed by atoms with Crippen LogP contribution in [-0.2, 0) is 6.42 Å². The molecule has 0 aliphatic carbocycles. The molecule has 0 radical (unpaired) electrons. The van der Waals surface area contributed by atoms with E-state index in [1.54, 1.807) is 0 Å². The van der Waals surface area contributed by atoms with Crippen LogP contribution < -0.4 is 4.90 Å². The first-order valence-electron chi connectivity index (χ1n) is 6.24. The van der Waals surface area contributed by atoms with Crippen LogP contribution in [0.5, 0.6) is 0 Å². The maximum absolute atomic E-state index is 4.56. The van der Waals surface area contributed by atoms with Gasteiger partial charge in [0.1, 0.15) is 10.4 Å². The highest BCUT2D eigenvalue weighted by molar-refractivity contribution is 9.10. The number of benzene rings is 1. The van der Waals surface area contributed by atoms with Gasteiger partial charge in [-0.25, -0.2) is 4.98 Å². The van der Waals surface area contributed by atoms with Crippen molar-refractivity contribution in [2.75, 3.05) is 11.4 Å². The molecule has 2 heterocycles. The number of anilines is 2. The van der Waals surface area contributed by atoms with Crippen LogP contribution in [0.3, 0.4) is 0 Å². The van der Waals surface area contributed by atoms with Crippen molar-refractivity contribution in [1.82, 2.24) is 4.98 Å². The van der Waals surface area contributed by atoms with Crippen LogP contribution in [-0.4, -0.2) is 11.5 Å². The van der Waals surface area contributed by atoms with Gasteiger partial charge in [-0.2, -0.15) is 0 Å². The highest BCUT2D eigenvalue weighted by atomic mass is 79.9. The number of halogens is 1. The molecule has 2 aromatic rings. The van der Waals surface area contributed by atoms with Gasteiger partial charge in [-0.3, -0.25) is 0 Å². The molecule has 1 aromatic carbocycles. The summed E-state index contributed by atoms with van der Waals surface area (Å²) in [6, 6.07) is 12.7. The Balaban J connectivity index is 2.06. The minimum atomic E-state index is 0.888. The minimum absolute atomic E-state index is 0.888. The minimum Gasteiger partial charge on any atom is -0.326 e. The largest absolute Gasteiger partial charge is 0.326 e. The Morgan fingerprint density at radius 3 is 2.94 bits per heavy atom. The van der Waals surface area contributed by atoms with Gasteiger partial charge in [0.15, 0.2) is 0 Å². The van der Waals surface area contributed by atoms with Gasteiger partial charge < -0.3 is 4.90 Å². The molecule has 1 aromatic heterocycles. The molecule has 3 heteroatoms. The topological polar surface area (TPSA) is 16.1 Å². The van der Waals surface area contributed by atoms with Gasteiger partial charge in [-0.05, 0) is 59.5 Å². The van der Waals surface area contributed by atoms with Gasteiger partial charge in [0.25, 0.3) is 0 Å². The van der Waals surface area contributed by atoms with Crippen LogP contribution in [0.1, 0.15) is 17.5 Å². The summed E-state index contributed by atoms with van der Waals surface area (Å²) in [5.41, 5.74) is 4.07. The third-order valence-electron chi connectivity index (χ3n) is 3.33. The molecule has 92 valence electrons. The molecule has 3 rings (SSSR count).